The van der Waals surface area contributed by atoms with Crippen LogP contribution in [0.4, 0.5) is 0 Å². The summed E-state index contributed by atoms with van der Waals surface area (Å²) in [5.74, 6) is 0.607. The van der Waals surface area contributed by atoms with Gasteiger partial charge in [-0.3, -0.25) is 0 Å². The van der Waals surface area contributed by atoms with Crippen LogP contribution in [0.3, 0.4) is 0 Å². The summed E-state index contributed by atoms with van der Waals surface area (Å²) in [6, 6.07) is 2.18. The zero-order valence-electron chi connectivity index (χ0n) is 9.82. The fourth-order valence-corrected chi connectivity index (χ4v) is 2.16. The largest absolute Gasteiger partial charge is 0.249 e. The molecule has 16 heavy (non-hydrogen) atoms. The third kappa shape index (κ3) is 2.08. The lowest BCUT2D eigenvalue weighted by molar-refractivity contribution is 0.382. The Hall–Kier alpha value is -1.37. The van der Waals surface area contributed by atoms with Crippen LogP contribution in [0, 0.1) is 11.3 Å². The van der Waals surface area contributed by atoms with Crippen molar-refractivity contribution in [1.82, 2.24) is 15.0 Å². The number of unbranched alkanes of at least 4 members (excludes halogenated alkanes) is 1. The molecule has 0 radical (unpaired) electrons. The van der Waals surface area contributed by atoms with Crippen molar-refractivity contribution in [3.8, 4) is 6.07 Å². The minimum Gasteiger partial charge on any atom is -0.249 e. The molecule has 0 N–H and O–H groups in total. The van der Waals surface area contributed by atoms with Crippen LogP contribution >= 0.6 is 0 Å². The Balaban J connectivity index is 2.19. The SMILES string of the molecule is CCCCn1nnc(CC#N)c1C1CCC1. The molecule has 0 atom stereocenters. The first-order chi connectivity index (χ1) is 7.86. The van der Waals surface area contributed by atoms with Gasteiger partial charge in [-0.15, -0.1) is 5.10 Å². The zero-order valence-corrected chi connectivity index (χ0v) is 9.82. The topological polar surface area (TPSA) is 54.5 Å². The maximum atomic E-state index is 8.77. The second kappa shape index (κ2) is 5.11. The molecular formula is C12H18N4. The highest BCUT2D eigenvalue weighted by Gasteiger charge is 2.27. The van der Waals surface area contributed by atoms with E-state index in [4.69, 9.17) is 5.26 Å². The van der Waals surface area contributed by atoms with E-state index in [2.05, 4.69) is 23.3 Å². The Labute approximate surface area is 96.3 Å². The molecule has 1 aromatic rings. The van der Waals surface area contributed by atoms with Gasteiger partial charge in [0.1, 0.15) is 5.69 Å². The summed E-state index contributed by atoms with van der Waals surface area (Å²) in [4.78, 5) is 0. The number of aromatic nitrogens is 3. The van der Waals surface area contributed by atoms with Crippen LogP contribution < -0.4 is 0 Å². The van der Waals surface area contributed by atoms with Gasteiger partial charge in [0.2, 0.25) is 0 Å². The molecule has 1 fully saturated rings. The van der Waals surface area contributed by atoms with E-state index in [1.807, 2.05) is 4.68 Å². The summed E-state index contributed by atoms with van der Waals surface area (Å²) in [6.07, 6.45) is 6.47. The van der Waals surface area contributed by atoms with Crippen LogP contribution in [0.15, 0.2) is 0 Å². The van der Waals surface area contributed by atoms with Crippen molar-refractivity contribution in [3.05, 3.63) is 11.4 Å². The highest BCUT2D eigenvalue weighted by Crippen LogP contribution is 2.37. The molecule has 0 amide bonds. The fraction of sp³-hybridized carbons (Fsp3) is 0.750. The van der Waals surface area contributed by atoms with Gasteiger partial charge >= 0.3 is 0 Å². The maximum Gasteiger partial charge on any atom is 0.100 e. The summed E-state index contributed by atoms with van der Waals surface area (Å²) in [7, 11) is 0. The smallest absolute Gasteiger partial charge is 0.100 e. The number of hydrogen-bond donors (Lipinski definition) is 0. The van der Waals surface area contributed by atoms with Gasteiger partial charge in [-0.2, -0.15) is 5.26 Å². The van der Waals surface area contributed by atoms with Crippen molar-refractivity contribution in [2.75, 3.05) is 0 Å². The summed E-state index contributed by atoms with van der Waals surface area (Å²) in [5.41, 5.74) is 2.14. The Morgan fingerprint density at radius 2 is 2.31 bits per heavy atom. The molecule has 4 heteroatoms. The van der Waals surface area contributed by atoms with Gasteiger partial charge in [0.15, 0.2) is 0 Å². The molecular weight excluding hydrogens is 200 g/mol. The third-order valence-electron chi connectivity index (χ3n) is 3.31. The van der Waals surface area contributed by atoms with Crippen molar-refractivity contribution in [1.29, 1.82) is 5.26 Å². The van der Waals surface area contributed by atoms with Crippen molar-refractivity contribution in [3.63, 3.8) is 0 Å². The van der Waals surface area contributed by atoms with Gasteiger partial charge in [-0.05, 0) is 19.3 Å². The number of hydrogen-bond acceptors (Lipinski definition) is 3. The molecule has 1 aliphatic carbocycles. The van der Waals surface area contributed by atoms with Gasteiger partial charge in [0, 0.05) is 12.5 Å². The molecule has 1 aliphatic rings. The molecule has 1 aromatic heterocycles. The van der Waals surface area contributed by atoms with Crippen LogP contribution in [-0.2, 0) is 13.0 Å². The molecule has 0 spiro atoms. The molecule has 0 aliphatic heterocycles. The van der Waals surface area contributed by atoms with E-state index in [0.717, 1.165) is 25.1 Å². The Morgan fingerprint density at radius 1 is 1.50 bits per heavy atom. The lowest BCUT2D eigenvalue weighted by Gasteiger charge is -2.26. The highest BCUT2D eigenvalue weighted by atomic mass is 15.4. The molecule has 0 bridgehead atoms. The summed E-state index contributed by atoms with van der Waals surface area (Å²) < 4.78 is 2.03. The normalized spacial score (nSPS) is 15.8. The van der Waals surface area contributed by atoms with Gasteiger partial charge < -0.3 is 0 Å². The van der Waals surface area contributed by atoms with Gasteiger partial charge in [0.05, 0.1) is 18.2 Å². The van der Waals surface area contributed by atoms with Crippen LogP contribution in [0.2, 0.25) is 0 Å². The molecule has 0 aromatic carbocycles. The lowest BCUT2D eigenvalue weighted by Crippen LogP contribution is -2.17. The van der Waals surface area contributed by atoms with Crippen molar-refractivity contribution >= 4 is 0 Å². The third-order valence-corrected chi connectivity index (χ3v) is 3.31. The Morgan fingerprint density at radius 3 is 2.88 bits per heavy atom. The average Bonchev–Trinajstić information content (AvgIpc) is 2.58. The van der Waals surface area contributed by atoms with E-state index >= 15 is 0 Å². The first kappa shape index (κ1) is 11.1. The second-order valence-corrected chi connectivity index (χ2v) is 4.46. The van der Waals surface area contributed by atoms with Gasteiger partial charge in [0.25, 0.3) is 0 Å². The van der Waals surface area contributed by atoms with E-state index < -0.39 is 0 Å². The van der Waals surface area contributed by atoms with Gasteiger partial charge in [-0.1, -0.05) is 25.0 Å². The van der Waals surface area contributed by atoms with Crippen LogP contribution in [0.5, 0.6) is 0 Å². The van der Waals surface area contributed by atoms with E-state index in [-0.39, 0.29) is 0 Å². The van der Waals surface area contributed by atoms with Crippen molar-refractivity contribution in [2.45, 2.75) is 57.9 Å². The van der Waals surface area contributed by atoms with E-state index in [1.165, 1.54) is 25.0 Å². The van der Waals surface area contributed by atoms with Crippen molar-refractivity contribution in [2.24, 2.45) is 0 Å². The van der Waals surface area contributed by atoms with E-state index in [9.17, 15) is 0 Å². The molecule has 1 heterocycles. The number of nitrogens with zero attached hydrogens (tertiary/aromatic N) is 4. The Bertz CT molecular complexity index is 384. The predicted octanol–water partition coefficient (Wildman–Crippen LogP) is 2.41. The molecule has 2 rings (SSSR count). The van der Waals surface area contributed by atoms with Crippen LogP contribution in [0.1, 0.15) is 56.3 Å². The molecule has 1 saturated carbocycles. The summed E-state index contributed by atoms with van der Waals surface area (Å²) in [5, 5.41) is 17.1. The van der Waals surface area contributed by atoms with E-state index in [0.29, 0.717) is 12.3 Å². The fourth-order valence-electron chi connectivity index (χ4n) is 2.16. The summed E-state index contributed by atoms with van der Waals surface area (Å²) in [6.45, 7) is 3.12. The maximum absolute atomic E-state index is 8.77. The minimum atomic E-state index is 0.401. The standard InChI is InChI=1S/C12H18N4/c1-2-3-9-16-12(10-5-4-6-10)11(7-8-13)14-15-16/h10H,2-7,9H2,1H3. The van der Waals surface area contributed by atoms with Crippen molar-refractivity contribution < 1.29 is 0 Å². The first-order valence-electron chi connectivity index (χ1n) is 6.16. The number of aryl methyl sites for hydroxylation is 1. The monoisotopic (exact) mass is 218 g/mol. The van der Waals surface area contributed by atoms with Gasteiger partial charge in [-0.25, -0.2) is 4.68 Å². The second-order valence-electron chi connectivity index (χ2n) is 4.46. The number of rotatable bonds is 5. The predicted molar refractivity (Wildman–Crippen MR) is 60.8 cm³/mol. The molecule has 0 saturated heterocycles. The highest BCUT2D eigenvalue weighted by molar-refractivity contribution is 5.20. The number of nitriles is 1. The van der Waals surface area contributed by atoms with Crippen LogP contribution in [-0.4, -0.2) is 15.0 Å². The van der Waals surface area contributed by atoms with Crippen LogP contribution in [0.25, 0.3) is 0 Å². The average molecular weight is 218 g/mol. The Kier molecular flexibility index (Phi) is 3.55. The summed E-state index contributed by atoms with van der Waals surface area (Å²) >= 11 is 0. The molecule has 86 valence electrons. The minimum absolute atomic E-state index is 0.401. The molecule has 4 nitrogen and oxygen atoms in total. The first-order valence-corrected chi connectivity index (χ1v) is 6.16. The molecule has 0 unspecified atom stereocenters. The lowest BCUT2D eigenvalue weighted by atomic mass is 9.81. The van der Waals surface area contributed by atoms with E-state index in [1.54, 1.807) is 0 Å². The zero-order chi connectivity index (χ0) is 11.4. The quantitative estimate of drug-likeness (QED) is 0.762.